The highest BCUT2D eigenvalue weighted by Gasteiger charge is 2.49. The van der Waals surface area contributed by atoms with E-state index in [2.05, 4.69) is 46.0 Å². The molecule has 0 radical (unpaired) electrons. The predicted octanol–water partition coefficient (Wildman–Crippen LogP) is 5.79. The Balaban J connectivity index is 1.38. The number of hydrogen-bond acceptors (Lipinski definition) is 9. The number of benzene rings is 2. The van der Waals surface area contributed by atoms with Gasteiger partial charge in [-0.15, -0.1) is 5.54 Å². The zero-order valence-corrected chi connectivity index (χ0v) is 29.8. The van der Waals surface area contributed by atoms with Crippen LogP contribution in [0, 0.1) is 23.1 Å². The summed E-state index contributed by atoms with van der Waals surface area (Å²) in [5.41, 5.74) is 1.60. The number of aliphatic hydroxyl groups is 1. The lowest BCUT2D eigenvalue weighted by Gasteiger charge is -2.31. The summed E-state index contributed by atoms with van der Waals surface area (Å²) < 4.78 is 58.7. The maximum absolute atomic E-state index is 17.0. The van der Waals surface area contributed by atoms with Crippen LogP contribution in [-0.2, 0) is 11.2 Å². The molecule has 3 saturated heterocycles. The molecule has 2 N–H and O–H groups in total. The lowest BCUT2D eigenvalue weighted by molar-refractivity contribution is 0.0152. The van der Waals surface area contributed by atoms with Gasteiger partial charge in [0.2, 0.25) is 0 Å². The van der Waals surface area contributed by atoms with E-state index >= 15 is 8.78 Å². The Morgan fingerprint density at radius 2 is 1.98 bits per heavy atom. The summed E-state index contributed by atoms with van der Waals surface area (Å²) in [6.07, 6.45) is 2.85. The molecule has 3 aliphatic rings. The number of phenolic OH excluding ortho intramolecular Hbond substituents is 1. The van der Waals surface area contributed by atoms with E-state index in [1.54, 1.807) is 11.0 Å². The summed E-state index contributed by atoms with van der Waals surface area (Å²) in [5.74, 6) is 1.96. The molecule has 1 unspecified atom stereocenters. The molecule has 3 fully saturated rings. The van der Waals surface area contributed by atoms with Gasteiger partial charge in [-0.05, 0) is 60.3 Å². The van der Waals surface area contributed by atoms with E-state index in [1.165, 1.54) is 24.4 Å². The zero-order chi connectivity index (χ0) is 35.4. The number of hydrogen-bond donors (Lipinski definition) is 2. The lowest BCUT2D eigenvalue weighted by atomic mass is 9.94. The number of ether oxygens (including phenoxy) is 2. The molecule has 0 aliphatic carbocycles. The van der Waals surface area contributed by atoms with Crippen LogP contribution < -0.4 is 9.64 Å². The minimum Gasteiger partial charge on any atom is -0.508 e. The van der Waals surface area contributed by atoms with Crippen molar-refractivity contribution in [3.05, 3.63) is 47.7 Å². The summed E-state index contributed by atoms with van der Waals surface area (Å²) in [4.78, 5) is 17.7. The van der Waals surface area contributed by atoms with Gasteiger partial charge in [0.1, 0.15) is 49.4 Å². The molecule has 4 aromatic rings. The number of β-amino-alcohol motifs (C(OH)–C–C–N with tert-alkyl or cyclic N) is 1. The van der Waals surface area contributed by atoms with Crippen molar-refractivity contribution in [2.45, 2.75) is 69.6 Å². The Hall–Kier alpha value is -3.96. The van der Waals surface area contributed by atoms with Crippen molar-refractivity contribution in [1.82, 2.24) is 19.9 Å². The fraction of sp³-hybridized carbons (Fsp3) is 0.486. The van der Waals surface area contributed by atoms with E-state index in [9.17, 15) is 14.6 Å². The number of rotatable bonds is 6. The Labute approximate surface area is 290 Å². The summed E-state index contributed by atoms with van der Waals surface area (Å²) in [7, 11) is -1.85. The number of alkyl halides is 1. The largest absolute Gasteiger partial charge is 0.508 e. The predicted molar refractivity (Wildman–Crippen MR) is 189 cm³/mol. The van der Waals surface area contributed by atoms with Crippen molar-refractivity contribution in [2.24, 2.45) is 0 Å². The van der Waals surface area contributed by atoms with E-state index in [0.29, 0.717) is 42.3 Å². The van der Waals surface area contributed by atoms with Gasteiger partial charge < -0.3 is 24.6 Å². The number of anilines is 1. The third-order valence-electron chi connectivity index (χ3n) is 9.90. The van der Waals surface area contributed by atoms with Gasteiger partial charge in [-0.1, -0.05) is 38.6 Å². The van der Waals surface area contributed by atoms with Crippen LogP contribution in [0.15, 0.2) is 30.5 Å². The Morgan fingerprint density at radius 1 is 1.16 bits per heavy atom. The van der Waals surface area contributed by atoms with Crippen LogP contribution in [-0.4, -0.2) is 101 Å². The molecule has 3 aliphatic heterocycles. The van der Waals surface area contributed by atoms with Gasteiger partial charge in [-0.3, -0.25) is 9.88 Å². The number of aromatic hydroxyl groups is 1. The number of phenols is 1. The standard InChI is InChI=1S/C37H42F3N5O4Si/c1-5-26-29(39)8-7-23-15-25(46)16-27(30(23)26)32-31(40)33-28(18-41-32)34(44-12-13-48-22-37(47,20-44)10-14-50(2,3)4)43-35(42-33)49-21-36-9-6-11-45(36)19-24(38)17-36/h7-8,15-16,18,24,46-47H,5-6,9,11-13,17,19-22H2,1-4H3/t24-,36+,37?/m1/s1. The van der Waals surface area contributed by atoms with Crippen molar-refractivity contribution in [3.63, 3.8) is 0 Å². The molecule has 0 spiro atoms. The molecular weight excluding hydrogens is 664 g/mol. The van der Waals surface area contributed by atoms with Crippen LogP contribution in [0.4, 0.5) is 19.0 Å². The van der Waals surface area contributed by atoms with Gasteiger partial charge >= 0.3 is 6.01 Å². The quantitative estimate of drug-likeness (QED) is 0.191. The molecule has 50 heavy (non-hydrogen) atoms. The third-order valence-corrected chi connectivity index (χ3v) is 10.8. The molecule has 3 atom stereocenters. The van der Waals surface area contributed by atoms with Crippen LogP contribution in [0.1, 0.15) is 31.7 Å². The van der Waals surface area contributed by atoms with Crippen molar-refractivity contribution in [2.75, 3.05) is 50.9 Å². The van der Waals surface area contributed by atoms with Crippen molar-refractivity contribution in [1.29, 1.82) is 0 Å². The highest BCUT2D eigenvalue weighted by molar-refractivity contribution is 6.83. The minimum atomic E-state index is -1.85. The smallest absolute Gasteiger partial charge is 0.319 e. The molecule has 0 saturated carbocycles. The third kappa shape index (κ3) is 6.50. The fourth-order valence-corrected chi connectivity index (χ4v) is 8.22. The SMILES string of the molecule is CCc1c(F)ccc2cc(O)cc(-c3ncc4c(N5CCOCC(O)(C#C[Si](C)(C)C)C5)nc(OC[C@@]56CCCN5C[C@H](F)C6)nc4c3F)c12. The molecule has 5 heterocycles. The van der Waals surface area contributed by atoms with Crippen molar-refractivity contribution in [3.8, 4) is 34.5 Å². The number of nitrogens with zero attached hydrogens (tertiary/aromatic N) is 5. The molecule has 7 rings (SSSR count). The monoisotopic (exact) mass is 705 g/mol. The van der Waals surface area contributed by atoms with Gasteiger partial charge in [0.05, 0.1) is 30.7 Å². The normalized spacial score (nSPS) is 24.3. The maximum atomic E-state index is 17.0. The van der Waals surface area contributed by atoms with E-state index in [-0.39, 0.29) is 66.1 Å². The van der Waals surface area contributed by atoms with Gasteiger partial charge in [-0.2, -0.15) is 9.97 Å². The number of halogens is 3. The van der Waals surface area contributed by atoms with Crippen molar-refractivity contribution >= 4 is 35.6 Å². The van der Waals surface area contributed by atoms with E-state index in [1.807, 2.05) is 6.92 Å². The molecule has 13 heteroatoms. The van der Waals surface area contributed by atoms with Gasteiger partial charge in [0.15, 0.2) is 11.4 Å². The lowest BCUT2D eigenvalue weighted by Crippen LogP contribution is -2.44. The Morgan fingerprint density at radius 3 is 2.76 bits per heavy atom. The molecule has 2 aromatic carbocycles. The van der Waals surface area contributed by atoms with Crippen LogP contribution in [0.2, 0.25) is 19.6 Å². The second-order valence-corrected chi connectivity index (χ2v) is 19.6. The van der Waals surface area contributed by atoms with Crippen LogP contribution in [0.3, 0.4) is 0 Å². The van der Waals surface area contributed by atoms with Crippen LogP contribution in [0.25, 0.3) is 32.9 Å². The van der Waals surface area contributed by atoms with Crippen LogP contribution >= 0.6 is 0 Å². The minimum absolute atomic E-state index is 0.00619. The number of aromatic nitrogens is 3. The van der Waals surface area contributed by atoms with E-state index < -0.39 is 37.0 Å². The van der Waals surface area contributed by atoms with Crippen LogP contribution in [0.5, 0.6) is 11.8 Å². The highest BCUT2D eigenvalue weighted by Crippen LogP contribution is 2.42. The van der Waals surface area contributed by atoms with Gasteiger partial charge in [0.25, 0.3) is 0 Å². The number of aryl methyl sites for hydroxylation is 1. The second kappa shape index (κ2) is 13.0. The summed E-state index contributed by atoms with van der Waals surface area (Å²) in [6, 6.07) is 5.66. The molecule has 0 amide bonds. The topological polar surface area (TPSA) is 104 Å². The fourth-order valence-electron chi connectivity index (χ4n) is 7.61. The summed E-state index contributed by atoms with van der Waals surface area (Å²) >= 11 is 0. The first-order valence-electron chi connectivity index (χ1n) is 17.2. The average Bonchev–Trinajstić information content (AvgIpc) is 3.51. The van der Waals surface area contributed by atoms with Gasteiger partial charge in [-0.25, -0.2) is 13.2 Å². The first kappa shape index (κ1) is 34.5. The zero-order valence-electron chi connectivity index (χ0n) is 28.8. The number of fused-ring (bicyclic) bond motifs is 3. The highest BCUT2D eigenvalue weighted by atomic mass is 28.3. The van der Waals surface area contributed by atoms with Crippen molar-refractivity contribution < 1.29 is 32.9 Å². The molecule has 264 valence electrons. The second-order valence-electron chi connectivity index (χ2n) is 14.9. The summed E-state index contributed by atoms with van der Waals surface area (Å²) in [6.45, 7) is 9.89. The molecule has 0 bridgehead atoms. The average molecular weight is 706 g/mol. The van der Waals surface area contributed by atoms with E-state index in [4.69, 9.17) is 14.5 Å². The first-order chi connectivity index (χ1) is 23.8. The number of pyridine rings is 1. The van der Waals surface area contributed by atoms with E-state index in [0.717, 1.165) is 19.4 Å². The molecular formula is C37H42F3N5O4Si. The molecule has 2 aromatic heterocycles. The first-order valence-corrected chi connectivity index (χ1v) is 20.7. The summed E-state index contributed by atoms with van der Waals surface area (Å²) in [5, 5.41) is 23.5. The Bertz CT molecular complexity index is 2030. The Kier molecular flexibility index (Phi) is 8.95. The van der Waals surface area contributed by atoms with Gasteiger partial charge in [0, 0.05) is 31.3 Å². The molecule has 9 nitrogen and oxygen atoms in total. The maximum Gasteiger partial charge on any atom is 0.319 e.